The summed E-state index contributed by atoms with van der Waals surface area (Å²) in [6, 6.07) is 38.5. The molecule has 34 heavy (non-hydrogen) atoms. The number of halogens is 2. The summed E-state index contributed by atoms with van der Waals surface area (Å²) in [5, 5.41) is 0. The Morgan fingerprint density at radius 1 is 0.500 bits per heavy atom. The van der Waals surface area contributed by atoms with E-state index in [9.17, 15) is 4.21 Å². The molecule has 1 saturated heterocycles. The van der Waals surface area contributed by atoms with Crippen molar-refractivity contribution in [3.63, 3.8) is 0 Å². The average Bonchev–Trinajstić information content (AvgIpc) is 3.32. The summed E-state index contributed by atoms with van der Waals surface area (Å²) < 4.78 is 24.8. The van der Waals surface area contributed by atoms with Gasteiger partial charge in [0.1, 0.15) is 22.0 Å². The predicted octanol–water partition coefficient (Wildman–Crippen LogP) is 6.71. The fourth-order valence-electron chi connectivity index (χ4n) is 4.56. The summed E-state index contributed by atoms with van der Waals surface area (Å²) in [6.07, 6.45) is -1.75. The van der Waals surface area contributed by atoms with Crippen LogP contribution in [-0.4, -0.2) is 16.4 Å². The van der Waals surface area contributed by atoms with Gasteiger partial charge in [-0.15, -0.1) is 23.2 Å². The van der Waals surface area contributed by atoms with Crippen LogP contribution in [0.15, 0.2) is 121 Å². The van der Waals surface area contributed by atoms with Gasteiger partial charge in [-0.25, -0.2) is 0 Å². The number of benzene rings is 4. The lowest BCUT2D eigenvalue weighted by Crippen LogP contribution is -2.50. The second-order valence-electron chi connectivity index (χ2n) is 8.13. The van der Waals surface area contributed by atoms with Gasteiger partial charge in [-0.05, 0) is 22.3 Å². The Balaban J connectivity index is 1.74. The molecular formula is C28H22Cl2O3S. The van der Waals surface area contributed by atoms with E-state index in [1.54, 1.807) is 0 Å². The molecule has 2 atom stereocenters. The molecule has 0 saturated carbocycles. The zero-order valence-electron chi connectivity index (χ0n) is 18.1. The maximum atomic E-state index is 12.8. The van der Waals surface area contributed by atoms with Crippen LogP contribution >= 0.6 is 23.2 Å². The number of rotatable bonds is 6. The first-order valence-corrected chi connectivity index (χ1v) is 12.7. The van der Waals surface area contributed by atoms with Crippen LogP contribution in [0.5, 0.6) is 0 Å². The van der Waals surface area contributed by atoms with Crippen molar-refractivity contribution in [3.8, 4) is 0 Å². The summed E-state index contributed by atoms with van der Waals surface area (Å²) in [6.45, 7) is 0. The van der Waals surface area contributed by atoms with E-state index >= 15 is 0 Å². The van der Waals surface area contributed by atoms with Gasteiger partial charge >= 0.3 is 11.4 Å². The van der Waals surface area contributed by atoms with E-state index in [0.717, 1.165) is 22.3 Å². The molecule has 0 N–H and O–H groups in total. The van der Waals surface area contributed by atoms with Crippen LogP contribution in [0.3, 0.4) is 0 Å². The van der Waals surface area contributed by atoms with Crippen molar-refractivity contribution in [2.45, 2.75) is 22.0 Å². The molecule has 3 nitrogen and oxygen atoms in total. The number of hydrogen-bond acceptors (Lipinski definition) is 3. The van der Waals surface area contributed by atoms with Crippen LogP contribution in [0.25, 0.3) is 0 Å². The molecule has 0 bridgehead atoms. The van der Waals surface area contributed by atoms with E-state index in [4.69, 9.17) is 31.6 Å². The third-order valence-electron chi connectivity index (χ3n) is 6.20. The van der Waals surface area contributed by atoms with Crippen molar-refractivity contribution in [3.05, 3.63) is 144 Å². The minimum atomic E-state index is -2.04. The number of alkyl halides is 2. The minimum Gasteiger partial charge on any atom is -0.260 e. The second kappa shape index (κ2) is 9.65. The summed E-state index contributed by atoms with van der Waals surface area (Å²) in [7, 11) is 0. The molecule has 5 rings (SSSR count). The second-order valence-corrected chi connectivity index (χ2v) is 10.1. The molecule has 0 amide bonds. The SMILES string of the molecule is O=S1O[C@@H](C(Cl)(c2ccccc2)c2ccccc2)[C@H](C(Cl)(c2ccccc2)c2ccccc2)O1. The van der Waals surface area contributed by atoms with Crippen molar-refractivity contribution < 1.29 is 12.6 Å². The molecule has 0 spiro atoms. The fraction of sp³-hybridized carbons (Fsp3) is 0.143. The van der Waals surface area contributed by atoms with Crippen LogP contribution in [-0.2, 0) is 29.5 Å². The van der Waals surface area contributed by atoms with E-state index in [2.05, 4.69) is 0 Å². The Morgan fingerprint density at radius 3 is 0.971 bits per heavy atom. The molecule has 4 aromatic carbocycles. The third kappa shape index (κ3) is 4.00. The minimum absolute atomic E-state index is 0.792. The van der Waals surface area contributed by atoms with Crippen molar-refractivity contribution in [1.29, 1.82) is 0 Å². The largest absolute Gasteiger partial charge is 0.305 e. The normalized spacial score (nSPS) is 19.2. The smallest absolute Gasteiger partial charge is 0.260 e. The zero-order chi connectivity index (χ0) is 23.6. The van der Waals surface area contributed by atoms with Gasteiger partial charge in [-0.2, -0.15) is 4.21 Å². The highest BCUT2D eigenvalue weighted by Crippen LogP contribution is 2.53. The lowest BCUT2D eigenvalue weighted by molar-refractivity contribution is 0.102. The summed E-state index contributed by atoms with van der Waals surface area (Å²) in [5.74, 6) is 0. The standard InChI is InChI=1S/C28H22Cl2O3S/c29-27(21-13-5-1-6-14-21,22-15-7-2-8-16-22)25-26(33-34(31)32-25)28(30,23-17-9-3-10-18-23)24-19-11-4-12-20-24/h1-20,25-26H/t25-,26-/m1/s1. The molecule has 0 radical (unpaired) electrons. The Bertz CT molecular complexity index is 1080. The van der Waals surface area contributed by atoms with Gasteiger partial charge in [0.25, 0.3) is 0 Å². The average molecular weight is 509 g/mol. The van der Waals surface area contributed by atoms with E-state index in [1.165, 1.54) is 0 Å². The lowest BCUT2D eigenvalue weighted by atomic mass is 9.76. The Morgan fingerprint density at radius 2 is 0.735 bits per heavy atom. The first kappa shape index (κ1) is 23.3. The van der Waals surface area contributed by atoms with Crippen LogP contribution in [0.1, 0.15) is 22.3 Å². The van der Waals surface area contributed by atoms with Gasteiger partial charge in [-0.1, -0.05) is 121 Å². The van der Waals surface area contributed by atoms with Crippen molar-refractivity contribution in [2.75, 3.05) is 0 Å². The molecule has 0 aromatic heterocycles. The monoisotopic (exact) mass is 508 g/mol. The van der Waals surface area contributed by atoms with Gasteiger partial charge in [0.2, 0.25) is 0 Å². The molecule has 1 aliphatic heterocycles. The Kier molecular flexibility index (Phi) is 6.61. The first-order valence-electron chi connectivity index (χ1n) is 10.9. The van der Waals surface area contributed by atoms with E-state index in [-0.39, 0.29) is 0 Å². The molecular weight excluding hydrogens is 487 g/mol. The highest BCUT2D eigenvalue weighted by atomic mass is 35.5. The highest BCUT2D eigenvalue weighted by molar-refractivity contribution is 7.75. The van der Waals surface area contributed by atoms with Gasteiger partial charge in [-0.3, -0.25) is 8.37 Å². The molecule has 0 aliphatic carbocycles. The molecule has 1 aliphatic rings. The lowest BCUT2D eigenvalue weighted by Gasteiger charge is -2.41. The summed E-state index contributed by atoms with van der Waals surface area (Å²) in [5.41, 5.74) is 3.17. The fourth-order valence-corrected chi connectivity index (χ4v) is 6.36. The topological polar surface area (TPSA) is 35.5 Å². The summed E-state index contributed by atoms with van der Waals surface area (Å²) >= 11 is 13.0. The van der Waals surface area contributed by atoms with Crippen LogP contribution in [0.4, 0.5) is 0 Å². The van der Waals surface area contributed by atoms with E-state index in [0.29, 0.717) is 0 Å². The van der Waals surface area contributed by atoms with Gasteiger partial charge in [0, 0.05) is 0 Å². The molecule has 6 heteroatoms. The van der Waals surface area contributed by atoms with Crippen LogP contribution in [0.2, 0.25) is 0 Å². The predicted molar refractivity (Wildman–Crippen MR) is 137 cm³/mol. The molecule has 4 aromatic rings. The van der Waals surface area contributed by atoms with Crippen LogP contribution in [0, 0.1) is 0 Å². The summed E-state index contributed by atoms with van der Waals surface area (Å²) in [4.78, 5) is -2.44. The van der Waals surface area contributed by atoms with E-state index < -0.39 is 33.3 Å². The molecule has 172 valence electrons. The van der Waals surface area contributed by atoms with Crippen molar-refractivity contribution in [2.24, 2.45) is 0 Å². The molecule has 0 unspecified atom stereocenters. The number of hydrogen-bond donors (Lipinski definition) is 0. The Labute approximate surface area is 212 Å². The molecule has 1 heterocycles. The van der Waals surface area contributed by atoms with Crippen LogP contribution < -0.4 is 0 Å². The van der Waals surface area contributed by atoms with Gasteiger partial charge in [0.05, 0.1) is 0 Å². The third-order valence-corrected chi connectivity index (χ3v) is 8.23. The molecule has 1 fully saturated rings. The highest BCUT2D eigenvalue weighted by Gasteiger charge is 2.59. The first-order chi connectivity index (χ1) is 16.5. The maximum absolute atomic E-state index is 12.8. The maximum Gasteiger partial charge on any atom is 0.305 e. The van der Waals surface area contributed by atoms with Crippen molar-refractivity contribution in [1.82, 2.24) is 0 Å². The zero-order valence-corrected chi connectivity index (χ0v) is 20.4. The van der Waals surface area contributed by atoms with Gasteiger partial charge in [0.15, 0.2) is 0 Å². The quantitative estimate of drug-likeness (QED) is 0.271. The van der Waals surface area contributed by atoms with Crippen molar-refractivity contribution >= 4 is 34.6 Å². The Hall–Kier alpha value is -2.47. The van der Waals surface area contributed by atoms with Gasteiger partial charge < -0.3 is 0 Å². The van der Waals surface area contributed by atoms with E-state index in [1.807, 2.05) is 121 Å².